The highest BCUT2D eigenvalue weighted by molar-refractivity contribution is 6.31. The van der Waals surface area contributed by atoms with Crippen molar-refractivity contribution in [2.45, 2.75) is 91.2 Å². The summed E-state index contributed by atoms with van der Waals surface area (Å²) in [7, 11) is 0. The fourth-order valence-corrected chi connectivity index (χ4v) is 8.81. The summed E-state index contributed by atoms with van der Waals surface area (Å²) in [5.74, 6) is -2.59. The maximum absolute atomic E-state index is 14.0. The molecular formula is C50H50Cl2F6N6O10. The van der Waals surface area contributed by atoms with Gasteiger partial charge in [-0.3, -0.25) is 18.7 Å². The lowest BCUT2D eigenvalue weighted by Crippen LogP contribution is -2.18. The molecule has 0 unspecified atom stereocenters. The Balaban J connectivity index is 0.000000216. The Morgan fingerprint density at radius 1 is 0.527 bits per heavy atom. The summed E-state index contributed by atoms with van der Waals surface area (Å²) >= 11 is 12.6. The summed E-state index contributed by atoms with van der Waals surface area (Å²) in [5, 5.41) is 15.0. The molecule has 0 aliphatic carbocycles. The standard InChI is InChI=1S/2C25H25ClF3N3O5/c2*1-4-34-18-9-7-8-15(22(18)36-6-3)21-16-12-14(26)10-11-17(16)32-23(30-31-24(32)25(27,28)29)19(37-21)13-20(33)35-5-2/h2*7-12,19,21H,4-6,13H2,1-3H3/t2*19-,21-/m10/s1. The fraction of sp³-hybridized carbons (Fsp3) is 0.400. The first-order valence-corrected chi connectivity index (χ1v) is 24.2. The van der Waals surface area contributed by atoms with Crippen LogP contribution in [0.25, 0.3) is 11.4 Å². The molecule has 0 saturated carbocycles. The first kappa shape index (κ1) is 55.1. The van der Waals surface area contributed by atoms with Gasteiger partial charge in [0.2, 0.25) is 11.6 Å². The Bertz CT molecular complexity index is 2760. The van der Waals surface area contributed by atoms with Crippen LogP contribution in [0, 0.1) is 0 Å². The van der Waals surface area contributed by atoms with E-state index in [1.54, 1.807) is 64.1 Å². The minimum atomic E-state index is -4.83. The van der Waals surface area contributed by atoms with E-state index in [0.717, 1.165) is 9.13 Å². The number of esters is 2. The van der Waals surface area contributed by atoms with Gasteiger partial charge < -0.3 is 37.9 Å². The van der Waals surface area contributed by atoms with E-state index in [1.807, 2.05) is 13.8 Å². The summed E-state index contributed by atoms with van der Waals surface area (Å²) < 4.78 is 132. The van der Waals surface area contributed by atoms with Crippen LogP contribution in [0.4, 0.5) is 26.3 Å². The SMILES string of the molecule is CCOC(=O)C[C@@H]1O[C@@H](c2cccc(OCC)c2OCC)c2cc(Cl)ccc2-n2c1nnc2C(F)(F)F.CCOC(=O)C[C@H]1O[C@H](c2cccc(OCC)c2OCC)c2cc(Cl)ccc2-n2c1nnc2C(F)(F)F. The van der Waals surface area contributed by atoms with Crippen molar-refractivity contribution in [2.75, 3.05) is 39.6 Å². The van der Waals surface area contributed by atoms with Crippen molar-refractivity contribution >= 4 is 35.1 Å². The van der Waals surface area contributed by atoms with E-state index in [-0.39, 0.29) is 46.3 Å². The first-order chi connectivity index (χ1) is 35.4. The molecule has 0 bridgehead atoms. The van der Waals surface area contributed by atoms with Gasteiger partial charge in [0.1, 0.15) is 24.4 Å². The lowest BCUT2D eigenvalue weighted by atomic mass is 9.98. The summed E-state index contributed by atoms with van der Waals surface area (Å²) in [6.45, 7) is 12.0. The second kappa shape index (κ2) is 23.7. The number of hydrogen-bond acceptors (Lipinski definition) is 14. The zero-order valence-corrected chi connectivity index (χ0v) is 42.2. The molecule has 16 nitrogen and oxygen atoms in total. The number of carbonyl (C=O) groups is 2. The van der Waals surface area contributed by atoms with Crippen molar-refractivity contribution in [1.29, 1.82) is 0 Å². The molecule has 4 aromatic carbocycles. The molecular weight excluding hydrogens is 1030 g/mol. The number of aromatic nitrogens is 6. The molecule has 396 valence electrons. The summed E-state index contributed by atoms with van der Waals surface area (Å²) in [6, 6.07) is 19.2. The highest BCUT2D eigenvalue weighted by Crippen LogP contribution is 2.50. The van der Waals surface area contributed by atoms with Gasteiger partial charge in [-0.1, -0.05) is 47.5 Å². The smallest absolute Gasteiger partial charge is 0.452 e. The Morgan fingerprint density at radius 3 is 1.24 bits per heavy atom. The molecule has 74 heavy (non-hydrogen) atoms. The van der Waals surface area contributed by atoms with Crippen LogP contribution in [0.1, 0.15) is 124 Å². The van der Waals surface area contributed by atoms with Gasteiger partial charge in [-0.25, -0.2) is 0 Å². The van der Waals surface area contributed by atoms with Crippen molar-refractivity contribution in [3.05, 3.63) is 128 Å². The summed E-state index contributed by atoms with van der Waals surface area (Å²) in [6.07, 6.45) is -14.9. The fourth-order valence-electron chi connectivity index (χ4n) is 8.44. The van der Waals surface area contributed by atoms with Gasteiger partial charge in [-0.15, -0.1) is 20.4 Å². The number of halogens is 8. The Hall–Kier alpha value is -6.62. The number of nitrogens with zero attached hydrogens (tertiary/aromatic N) is 6. The highest BCUT2D eigenvalue weighted by atomic mass is 35.5. The van der Waals surface area contributed by atoms with Crippen LogP contribution in [0.5, 0.6) is 23.0 Å². The minimum Gasteiger partial charge on any atom is -0.490 e. The number of rotatable bonds is 16. The predicted octanol–water partition coefficient (Wildman–Crippen LogP) is 11.7. The second-order valence-electron chi connectivity index (χ2n) is 15.9. The largest absolute Gasteiger partial charge is 0.490 e. The van der Waals surface area contributed by atoms with Crippen molar-refractivity contribution in [3.63, 3.8) is 0 Å². The van der Waals surface area contributed by atoms with Crippen LogP contribution in [0.3, 0.4) is 0 Å². The molecule has 0 spiro atoms. The van der Waals surface area contributed by atoms with Crippen LogP contribution in [0.15, 0.2) is 72.8 Å². The van der Waals surface area contributed by atoms with E-state index in [4.69, 9.17) is 61.1 Å². The molecule has 2 aromatic heterocycles. The minimum absolute atomic E-state index is 0.0934. The molecule has 24 heteroatoms. The predicted molar refractivity (Wildman–Crippen MR) is 254 cm³/mol. The number of benzene rings is 4. The first-order valence-electron chi connectivity index (χ1n) is 23.4. The molecule has 2 aliphatic heterocycles. The molecule has 2 aliphatic rings. The van der Waals surface area contributed by atoms with Crippen molar-refractivity contribution in [2.24, 2.45) is 0 Å². The van der Waals surface area contributed by atoms with Gasteiger partial charge in [0.05, 0.1) is 63.9 Å². The van der Waals surface area contributed by atoms with Gasteiger partial charge in [0, 0.05) is 32.3 Å². The van der Waals surface area contributed by atoms with Crippen molar-refractivity contribution < 1.29 is 73.8 Å². The number of ether oxygens (including phenoxy) is 8. The topological polar surface area (TPSA) is 169 Å². The quantitative estimate of drug-likeness (QED) is 0.0662. The molecule has 6 aromatic rings. The third kappa shape index (κ3) is 11.8. The normalized spacial score (nSPS) is 16.9. The number of alkyl halides is 6. The molecule has 0 amide bonds. The van der Waals surface area contributed by atoms with Gasteiger partial charge in [0.25, 0.3) is 0 Å². The van der Waals surface area contributed by atoms with E-state index < -0.39 is 73.2 Å². The molecule has 8 rings (SSSR count). The van der Waals surface area contributed by atoms with E-state index in [1.165, 1.54) is 36.4 Å². The average Bonchev–Trinajstić information content (AvgIpc) is 3.95. The molecule has 4 atom stereocenters. The van der Waals surface area contributed by atoms with E-state index in [2.05, 4.69) is 20.4 Å². The monoisotopic (exact) mass is 1080 g/mol. The zero-order valence-electron chi connectivity index (χ0n) is 40.7. The molecule has 0 fully saturated rings. The lowest BCUT2D eigenvalue weighted by Gasteiger charge is -2.25. The maximum Gasteiger partial charge on any atom is 0.452 e. The molecule has 4 heterocycles. The third-order valence-electron chi connectivity index (χ3n) is 11.2. The summed E-state index contributed by atoms with van der Waals surface area (Å²) in [5.41, 5.74) is 1.80. The number of carbonyl (C=O) groups excluding carboxylic acids is 2. The Labute approximate surface area is 430 Å². The Kier molecular flexibility index (Phi) is 17.7. The third-order valence-corrected chi connectivity index (χ3v) is 11.6. The molecule has 0 radical (unpaired) electrons. The average molecular weight is 1080 g/mol. The van der Waals surface area contributed by atoms with Gasteiger partial charge in [0.15, 0.2) is 34.6 Å². The van der Waals surface area contributed by atoms with E-state index in [9.17, 15) is 35.9 Å². The van der Waals surface area contributed by atoms with Gasteiger partial charge >= 0.3 is 24.3 Å². The van der Waals surface area contributed by atoms with E-state index >= 15 is 0 Å². The van der Waals surface area contributed by atoms with Crippen LogP contribution in [0.2, 0.25) is 10.0 Å². The molecule has 0 saturated heterocycles. The second-order valence-corrected chi connectivity index (χ2v) is 16.8. The van der Waals surface area contributed by atoms with E-state index in [0.29, 0.717) is 71.7 Å². The van der Waals surface area contributed by atoms with Crippen molar-refractivity contribution in [3.8, 4) is 34.4 Å². The lowest BCUT2D eigenvalue weighted by molar-refractivity contribution is -0.149. The zero-order chi connectivity index (χ0) is 53.5. The number of fused-ring (bicyclic) bond motifs is 6. The maximum atomic E-state index is 14.0. The Morgan fingerprint density at radius 2 is 0.905 bits per heavy atom. The summed E-state index contributed by atoms with van der Waals surface area (Å²) in [4.78, 5) is 24.9. The van der Waals surface area contributed by atoms with Crippen LogP contribution < -0.4 is 18.9 Å². The van der Waals surface area contributed by atoms with Crippen molar-refractivity contribution in [1.82, 2.24) is 29.5 Å². The van der Waals surface area contributed by atoms with Crippen LogP contribution in [-0.2, 0) is 40.9 Å². The van der Waals surface area contributed by atoms with Crippen LogP contribution in [-0.4, -0.2) is 81.1 Å². The van der Waals surface area contributed by atoms with Crippen LogP contribution >= 0.6 is 23.2 Å². The number of hydrogen-bond donors (Lipinski definition) is 0. The van der Waals surface area contributed by atoms with Gasteiger partial charge in [-0.05, 0) is 90.1 Å². The highest BCUT2D eigenvalue weighted by Gasteiger charge is 2.46. The number of para-hydroxylation sites is 2. The molecule has 0 N–H and O–H groups in total. The van der Waals surface area contributed by atoms with Gasteiger partial charge in [-0.2, -0.15) is 26.3 Å².